The molecule has 102 valence electrons. The molecule has 0 amide bonds. The third kappa shape index (κ3) is 2.54. The summed E-state index contributed by atoms with van der Waals surface area (Å²) in [6.45, 7) is 2.36. The van der Waals surface area contributed by atoms with Crippen LogP contribution >= 0.6 is 0 Å². The van der Waals surface area contributed by atoms with Crippen LogP contribution in [-0.4, -0.2) is 9.36 Å². The Morgan fingerprint density at radius 2 is 2.11 bits per heavy atom. The van der Waals surface area contributed by atoms with E-state index in [0.717, 1.165) is 24.1 Å². The molecular formula is C14H18FN3O. The highest BCUT2D eigenvalue weighted by atomic mass is 19.1. The summed E-state index contributed by atoms with van der Waals surface area (Å²) in [7, 11) is 1.81. The normalized spacial score (nSPS) is 10.9. The number of anilines is 1. The van der Waals surface area contributed by atoms with Crippen LogP contribution in [0.1, 0.15) is 24.6 Å². The first kappa shape index (κ1) is 13.4. The van der Waals surface area contributed by atoms with Crippen LogP contribution in [0, 0.1) is 5.82 Å². The molecule has 0 saturated carbocycles. The average molecular weight is 263 g/mol. The number of rotatable bonds is 4. The van der Waals surface area contributed by atoms with Crippen molar-refractivity contribution in [2.75, 3.05) is 5.73 Å². The van der Waals surface area contributed by atoms with E-state index < -0.39 is 0 Å². The monoisotopic (exact) mass is 263 g/mol. The number of benzene rings is 1. The molecule has 4 nitrogen and oxygen atoms in total. The largest absolute Gasteiger partial charge is 0.393 e. The summed E-state index contributed by atoms with van der Waals surface area (Å²) in [5, 5.41) is 0. The van der Waals surface area contributed by atoms with E-state index in [4.69, 9.17) is 5.73 Å². The first-order valence-corrected chi connectivity index (χ1v) is 6.33. The molecule has 0 bridgehead atoms. The molecule has 0 aliphatic rings. The minimum Gasteiger partial charge on any atom is -0.393 e. The highest BCUT2D eigenvalue weighted by molar-refractivity contribution is 5.41. The Balaban J connectivity index is 2.41. The Bertz CT molecular complexity index is 643. The summed E-state index contributed by atoms with van der Waals surface area (Å²) in [6.07, 6.45) is 1.68. The molecule has 1 heterocycles. The van der Waals surface area contributed by atoms with Gasteiger partial charge in [0.05, 0.1) is 12.2 Å². The van der Waals surface area contributed by atoms with Gasteiger partial charge in [-0.1, -0.05) is 25.5 Å². The predicted octanol–water partition coefficient (Wildman–Crippen LogP) is 1.91. The van der Waals surface area contributed by atoms with Crippen molar-refractivity contribution in [2.24, 2.45) is 7.05 Å². The van der Waals surface area contributed by atoms with Crippen LogP contribution in [0.25, 0.3) is 0 Å². The van der Waals surface area contributed by atoms with Crippen molar-refractivity contribution in [3.05, 3.63) is 51.7 Å². The first-order valence-electron chi connectivity index (χ1n) is 6.33. The lowest BCUT2D eigenvalue weighted by molar-refractivity contribution is 0.514. The van der Waals surface area contributed by atoms with Crippen molar-refractivity contribution >= 4 is 5.69 Å². The smallest absolute Gasteiger partial charge is 0.290 e. The van der Waals surface area contributed by atoms with Gasteiger partial charge < -0.3 is 5.73 Å². The fourth-order valence-electron chi connectivity index (χ4n) is 2.24. The van der Waals surface area contributed by atoms with Crippen molar-refractivity contribution in [2.45, 2.75) is 26.3 Å². The number of nitrogens with zero attached hydrogens (tertiary/aromatic N) is 2. The molecule has 0 radical (unpaired) electrons. The van der Waals surface area contributed by atoms with Gasteiger partial charge in [0.2, 0.25) is 0 Å². The Labute approximate surface area is 111 Å². The van der Waals surface area contributed by atoms with E-state index in [2.05, 4.69) is 0 Å². The molecule has 0 fully saturated rings. The zero-order valence-corrected chi connectivity index (χ0v) is 11.2. The third-order valence-corrected chi connectivity index (χ3v) is 3.24. The number of nitrogen functional groups attached to an aromatic ring is 1. The molecule has 0 aliphatic heterocycles. The fraction of sp³-hybridized carbons (Fsp3) is 0.357. The molecule has 0 saturated heterocycles. The third-order valence-electron chi connectivity index (χ3n) is 3.24. The van der Waals surface area contributed by atoms with Crippen LogP contribution in [0.15, 0.2) is 29.1 Å². The van der Waals surface area contributed by atoms with Gasteiger partial charge in [-0.2, -0.15) is 0 Å². The van der Waals surface area contributed by atoms with Crippen LogP contribution in [0.4, 0.5) is 10.1 Å². The molecule has 2 aromatic rings. The topological polar surface area (TPSA) is 53.0 Å². The molecule has 0 atom stereocenters. The van der Waals surface area contributed by atoms with Gasteiger partial charge in [0.15, 0.2) is 0 Å². The second-order valence-electron chi connectivity index (χ2n) is 4.63. The Hall–Kier alpha value is -2.04. The molecule has 2 N–H and O–H groups in total. The summed E-state index contributed by atoms with van der Waals surface area (Å²) in [4.78, 5) is 12.1. The number of halogens is 1. The van der Waals surface area contributed by atoms with Gasteiger partial charge >= 0.3 is 0 Å². The van der Waals surface area contributed by atoms with Gasteiger partial charge in [0.25, 0.3) is 5.56 Å². The second kappa shape index (κ2) is 5.30. The van der Waals surface area contributed by atoms with Gasteiger partial charge in [-0.25, -0.2) is 9.07 Å². The van der Waals surface area contributed by atoms with Crippen LogP contribution in [-0.2, 0) is 20.0 Å². The maximum absolute atomic E-state index is 13.2. The van der Waals surface area contributed by atoms with Crippen LogP contribution in [0.2, 0.25) is 0 Å². The fourth-order valence-corrected chi connectivity index (χ4v) is 2.24. The Kier molecular flexibility index (Phi) is 3.74. The highest BCUT2D eigenvalue weighted by Crippen LogP contribution is 2.12. The van der Waals surface area contributed by atoms with Gasteiger partial charge in [-0.15, -0.1) is 0 Å². The summed E-state index contributed by atoms with van der Waals surface area (Å²) >= 11 is 0. The van der Waals surface area contributed by atoms with E-state index in [-0.39, 0.29) is 11.4 Å². The lowest BCUT2D eigenvalue weighted by Gasteiger charge is -2.09. The Morgan fingerprint density at radius 1 is 1.37 bits per heavy atom. The lowest BCUT2D eigenvalue weighted by Crippen LogP contribution is -2.23. The molecule has 19 heavy (non-hydrogen) atoms. The first-order chi connectivity index (χ1) is 9.04. The van der Waals surface area contributed by atoms with Gasteiger partial charge in [0.1, 0.15) is 11.5 Å². The minimum atomic E-state index is -0.304. The van der Waals surface area contributed by atoms with E-state index in [1.165, 1.54) is 16.8 Å². The predicted molar refractivity (Wildman–Crippen MR) is 73.6 cm³/mol. The van der Waals surface area contributed by atoms with Gasteiger partial charge in [-0.05, 0) is 24.1 Å². The van der Waals surface area contributed by atoms with Crippen molar-refractivity contribution in [1.29, 1.82) is 0 Å². The minimum absolute atomic E-state index is 0.213. The van der Waals surface area contributed by atoms with E-state index in [1.807, 2.05) is 14.0 Å². The number of aromatic nitrogens is 2. The zero-order chi connectivity index (χ0) is 14.0. The van der Waals surface area contributed by atoms with Crippen molar-refractivity contribution in [1.82, 2.24) is 9.36 Å². The second-order valence-corrected chi connectivity index (χ2v) is 4.63. The summed E-state index contributed by atoms with van der Waals surface area (Å²) in [5.41, 5.74) is 7.50. The number of hydrogen-bond donors (Lipinski definition) is 1. The van der Waals surface area contributed by atoms with Crippen LogP contribution in [0.3, 0.4) is 0 Å². The van der Waals surface area contributed by atoms with E-state index in [1.54, 1.807) is 16.8 Å². The van der Waals surface area contributed by atoms with Crippen molar-refractivity contribution in [3.8, 4) is 0 Å². The van der Waals surface area contributed by atoms with Crippen molar-refractivity contribution < 1.29 is 4.39 Å². The molecule has 0 spiro atoms. The Morgan fingerprint density at radius 3 is 2.74 bits per heavy atom. The SMILES string of the molecule is CCCc1c(N)c(=O)n(Cc2cccc(F)c2)n1C. The number of nitrogens with two attached hydrogens (primary N) is 1. The van der Waals surface area contributed by atoms with E-state index in [9.17, 15) is 9.18 Å². The maximum atomic E-state index is 13.2. The van der Waals surface area contributed by atoms with Gasteiger partial charge in [0, 0.05) is 7.05 Å². The van der Waals surface area contributed by atoms with Crippen molar-refractivity contribution in [3.63, 3.8) is 0 Å². The highest BCUT2D eigenvalue weighted by Gasteiger charge is 2.14. The molecule has 5 heteroatoms. The van der Waals surface area contributed by atoms with Crippen LogP contribution in [0.5, 0.6) is 0 Å². The van der Waals surface area contributed by atoms with E-state index >= 15 is 0 Å². The summed E-state index contributed by atoms with van der Waals surface area (Å²) in [6, 6.07) is 6.23. The summed E-state index contributed by atoms with van der Waals surface area (Å²) < 4.78 is 16.5. The molecule has 1 aromatic heterocycles. The number of hydrogen-bond acceptors (Lipinski definition) is 2. The molecule has 0 unspecified atom stereocenters. The molecular weight excluding hydrogens is 245 g/mol. The molecule has 2 rings (SSSR count). The van der Waals surface area contributed by atoms with Gasteiger partial charge in [-0.3, -0.25) is 9.48 Å². The van der Waals surface area contributed by atoms with E-state index in [0.29, 0.717) is 12.2 Å². The summed E-state index contributed by atoms with van der Waals surface area (Å²) in [5.74, 6) is -0.304. The maximum Gasteiger partial charge on any atom is 0.290 e. The zero-order valence-electron chi connectivity index (χ0n) is 11.2. The van der Waals surface area contributed by atoms with Crippen LogP contribution < -0.4 is 11.3 Å². The quantitative estimate of drug-likeness (QED) is 0.916. The average Bonchev–Trinajstić information content (AvgIpc) is 2.57. The lowest BCUT2D eigenvalue weighted by atomic mass is 10.2. The molecule has 1 aromatic carbocycles. The molecule has 0 aliphatic carbocycles. The standard InChI is InChI=1S/C14H18FN3O/c1-3-5-12-13(16)14(19)18(17(12)2)9-10-6-4-7-11(15)8-10/h4,6-8H,3,5,9,16H2,1-2H3.